The maximum atomic E-state index is 13.3. The van der Waals surface area contributed by atoms with Gasteiger partial charge in [0.25, 0.3) is 0 Å². The SMILES string of the molecule is Cl.NC1CC(=O)N(c2c(F)cccc2F)C1. The molecule has 16 heavy (non-hydrogen) atoms. The van der Waals surface area contributed by atoms with Crippen LogP contribution >= 0.6 is 12.4 Å². The van der Waals surface area contributed by atoms with Gasteiger partial charge in [0.1, 0.15) is 17.3 Å². The highest BCUT2D eigenvalue weighted by atomic mass is 35.5. The molecule has 1 fully saturated rings. The zero-order chi connectivity index (χ0) is 11.0. The number of carbonyl (C=O) groups is 1. The maximum Gasteiger partial charge on any atom is 0.228 e. The molecule has 88 valence electrons. The van der Waals surface area contributed by atoms with Crippen LogP contribution < -0.4 is 10.6 Å². The summed E-state index contributed by atoms with van der Waals surface area (Å²) in [6, 6.07) is 3.15. The molecule has 1 aliphatic heterocycles. The molecule has 0 spiro atoms. The van der Waals surface area contributed by atoms with Gasteiger partial charge in [0.2, 0.25) is 5.91 Å². The molecule has 1 aromatic carbocycles. The van der Waals surface area contributed by atoms with Crippen LogP contribution in [0.2, 0.25) is 0 Å². The van der Waals surface area contributed by atoms with Crippen LogP contribution in [-0.2, 0) is 4.79 Å². The normalized spacial score (nSPS) is 19.8. The van der Waals surface area contributed by atoms with Crippen molar-refractivity contribution >= 4 is 24.0 Å². The molecule has 0 radical (unpaired) electrons. The van der Waals surface area contributed by atoms with Gasteiger partial charge in [-0.05, 0) is 12.1 Å². The quantitative estimate of drug-likeness (QED) is 0.818. The molecule has 3 nitrogen and oxygen atoms in total. The first-order valence-corrected chi connectivity index (χ1v) is 4.59. The second-order valence-electron chi connectivity index (χ2n) is 3.54. The smallest absolute Gasteiger partial charge is 0.228 e. The summed E-state index contributed by atoms with van der Waals surface area (Å²) in [5, 5.41) is 0. The Balaban J connectivity index is 0.00000128. The summed E-state index contributed by atoms with van der Waals surface area (Å²) < 4.78 is 26.7. The first-order valence-electron chi connectivity index (χ1n) is 4.59. The van der Waals surface area contributed by atoms with E-state index in [4.69, 9.17) is 5.73 Å². The summed E-state index contributed by atoms with van der Waals surface area (Å²) in [7, 11) is 0. The zero-order valence-electron chi connectivity index (χ0n) is 8.32. The fourth-order valence-electron chi connectivity index (χ4n) is 1.70. The van der Waals surface area contributed by atoms with Crippen LogP contribution in [0.1, 0.15) is 6.42 Å². The molecule has 2 rings (SSSR count). The van der Waals surface area contributed by atoms with Crippen molar-refractivity contribution in [3.05, 3.63) is 29.8 Å². The van der Waals surface area contributed by atoms with Gasteiger partial charge < -0.3 is 10.6 Å². The predicted molar refractivity (Wildman–Crippen MR) is 58.6 cm³/mol. The van der Waals surface area contributed by atoms with Crippen LogP contribution in [0.4, 0.5) is 14.5 Å². The molecule has 1 heterocycles. The molecule has 0 aromatic heterocycles. The van der Waals surface area contributed by atoms with Crippen LogP contribution in [0.5, 0.6) is 0 Å². The van der Waals surface area contributed by atoms with Crippen LogP contribution in [0.15, 0.2) is 18.2 Å². The highest BCUT2D eigenvalue weighted by Crippen LogP contribution is 2.26. The van der Waals surface area contributed by atoms with E-state index in [-0.39, 0.29) is 43.0 Å². The van der Waals surface area contributed by atoms with Gasteiger partial charge in [-0.15, -0.1) is 12.4 Å². The number of nitrogens with zero attached hydrogens (tertiary/aromatic N) is 1. The lowest BCUT2D eigenvalue weighted by molar-refractivity contribution is -0.117. The maximum absolute atomic E-state index is 13.3. The van der Waals surface area contributed by atoms with E-state index in [0.717, 1.165) is 17.0 Å². The van der Waals surface area contributed by atoms with Crippen molar-refractivity contribution in [2.75, 3.05) is 11.4 Å². The van der Waals surface area contributed by atoms with Crippen molar-refractivity contribution in [1.82, 2.24) is 0 Å². The number of para-hydroxylation sites is 1. The Kier molecular flexibility index (Phi) is 3.83. The summed E-state index contributed by atoms with van der Waals surface area (Å²) in [4.78, 5) is 12.5. The van der Waals surface area contributed by atoms with Crippen LogP contribution in [-0.4, -0.2) is 18.5 Å². The molecule has 1 saturated heterocycles. The number of nitrogens with two attached hydrogens (primary N) is 1. The molecular weight excluding hydrogens is 238 g/mol. The first kappa shape index (κ1) is 12.9. The fraction of sp³-hybridized carbons (Fsp3) is 0.300. The van der Waals surface area contributed by atoms with E-state index in [9.17, 15) is 13.6 Å². The number of hydrogen-bond acceptors (Lipinski definition) is 2. The summed E-state index contributed by atoms with van der Waals surface area (Å²) in [6.07, 6.45) is 0.133. The number of rotatable bonds is 1. The minimum absolute atomic E-state index is 0. The molecule has 0 saturated carbocycles. The highest BCUT2D eigenvalue weighted by molar-refractivity contribution is 5.96. The summed E-state index contributed by atoms with van der Waals surface area (Å²) in [6.45, 7) is 0.163. The lowest BCUT2D eigenvalue weighted by Gasteiger charge is -2.17. The molecule has 0 aliphatic carbocycles. The van der Waals surface area contributed by atoms with Crippen LogP contribution in [0.25, 0.3) is 0 Å². The third kappa shape index (κ3) is 2.15. The number of amides is 1. The first-order chi connectivity index (χ1) is 7.09. The van der Waals surface area contributed by atoms with Gasteiger partial charge in [0.15, 0.2) is 0 Å². The van der Waals surface area contributed by atoms with E-state index in [2.05, 4.69) is 0 Å². The van der Waals surface area contributed by atoms with Crippen LogP contribution in [0.3, 0.4) is 0 Å². The lowest BCUT2D eigenvalue weighted by atomic mass is 10.2. The Morgan fingerprint density at radius 3 is 2.31 bits per heavy atom. The van der Waals surface area contributed by atoms with Gasteiger partial charge in [-0.2, -0.15) is 0 Å². The van der Waals surface area contributed by atoms with Gasteiger partial charge in [-0.25, -0.2) is 8.78 Å². The molecule has 6 heteroatoms. The van der Waals surface area contributed by atoms with Gasteiger partial charge >= 0.3 is 0 Å². The van der Waals surface area contributed by atoms with Crippen LogP contribution in [0, 0.1) is 11.6 Å². The van der Waals surface area contributed by atoms with Gasteiger partial charge in [0, 0.05) is 19.0 Å². The number of benzene rings is 1. The molecule has 1 unspecified atom stereocenters. The van der Waals surface area contributed by atoms with E-state index < -0.39 is 11.6 Å². The second-order valence-corrected chi connectivity index (χ2v) is 3.54. The topological polar surface area (TPSA) is 46.3 Å². The Labute approximate surface area is 97.6 Å². The summed E-state index contributed by atoms with van der Waals surface area (Å²) in [5.41, 5.74) is 5.25. The molecule has 1 aromatic rings. The fourth-order valence-corrected chi connectivity index (χ4v) is 1.70. The number of carbonyl (C=O) groups excluding carboxylic acids is 1. The number of halogens is 3. The standard InChI is InChI=1S/C10H10F2N2O.ClH/c11-7-2-1-3-8(12)10(7)14-5-6(13)4-9(14)15;/h1-3,6H,4-5,13H2;1H. The Morgan fingerprint density at radius 1 is 1.31 bits per heavy atom. The zero-order valence-corrected chi connectivity index (χ0v) is 9.14. The average Bonchev–Trinajstić information content (AvgIpc) is 2.45. The number of anilines is 1. The van der Waals surface area contributed by atoms with Crippen molar-refractivity contribution in [2.24, 2.45) is 5.73 Å². The molecule has 1 aliphatic rings. The molecule has 1 atom stereocenters. The second kappa shape index (κ2) is 4.76. The molecule has 1 amide bonds. The van der Waals surface area contributed by atoms with Crippen molar-refractivity contribution in [1.29, 1.82) is 0 Å². The Hall–Kier alpha value is -1.20. The van der Waals surface area contributed by atoms with Crippen molar-refractivity contribution in [3.8, 4) is 0 Å². The van der Waals surface area contributed by atoms with E-state index in [1.54, 1.807) is 0 Å². The van der Waals surface area contributed by atoms with E-state index >= 15 is 0 Å². The largest absolute Gasteiger partial charge is 0.326 e. The molecule has 2 N–H and O–H groups in total. The Bertz CT molecular complexity index is 394. The third-order valence-corrected chi connectivity index (χ3v) is 2.36. The lowest BCUT2D eigenvalue weighted by Crippen LogP contribution is -2.29. The number of hydrogen-bond donors (Lipinski definition) is 1. The Morgan fingerprint density at radius 2 is 1.88 bits per heavy atom. The minimum atomic E-state index is -0.738. The van der Waals surface area contributed by atoms with Gasteiger partial charge in [-0.1, -0.05) is 6.07 Å². The summed E-state index contributed by atoms with van der Waals surface area (Å²) >= 11 is 0. The highest BCUT2D eigenvalue weighted by Gasteiger charge is 2.31. The van der Waals surface area contributed by atoms with Crippen molar-refractivity contribution in [2.45, 2.75) is 12.5 Å². The molecule has 0 bridgehead atoms. The van der Waals surface area contributed by atoms with Crippen molar-refractivity contribution < 1.29 is 13.6 Å². The minimum Gasteiger partial charge on any atom is -0.326 e. The summed E-state index contributed by atoms with van der Waals surface area (Å²) in [5.74, 6) is -1.82. The third-order valence-electron chi connectivity index (χ3n) is 2.36. The van der Waals surface area contributed by atoms with Crippen molar-refractivity contribution in [3.63, 3.8) is 0 Å². The van der Waals surface area contributed by atoms with E-state index in [1.165, 1.54) is 6.07 Å². The van der Waals surface area contributed by atoms with E-state index in [1.807, 2.05) is 0 Å². The van der Waals surface area contributed by atoms with Gasteiger partial charge in [0.05, 0.1) is 0 Å². The molecular formula is C10H11ClF2N2O. The average molecular weight is 249 g/mol. The monoisotopic (exact) mass is 248 g/mol. The van der Waals surface area contributed by atoms with E-state index in [0.29, 0.717) is 0 Å². The van der Waals surface area contributed by atoms with Gasteiger partial charge in [-0.3, -0.25) is 4.79 Å². The predicted octanol–water partition coefficient (Wildman–Crippen LogP) is 1.45.